The van der Waals surface area contributed by atoms with E-state index in [1.165, 1.54) is 50.1 Å². The highest BCUT2D eigenvalue weighted by Gasteiger charge is 2.50. The van der Waals surface area contributed by atoms with Gasteiger partial charge in [0.1, 0.15) is 49.4 Å². The van der Waals surface area contributed by atoms with Gasteiger partial charge in [-0.15, -0.1) is 0 Å². The third-order valence-corrected chi connectivity index (χ3v) is 23.2. The van der Waals surface area contributed by atoms with Gasteiger partial charge < -0.3 is 28.7 Å². The van der Waals surface area contributed by atoms with Crippen molar-refractivity contribution in [2.45, 2.75) is 43.7 Å². The van der Waals surface area contributed by atoms with Gasteiger partial charge in [-0.3, -0.25) is 0 Å². The molecule has 0 amide bonds. The first-order valence-electron chi connectivity index (χ1n) is 39.7. The molecule has 0 saturated carbocycles. The second-order valence-corrected chi connectivity index (χ2v) is 29.9. The van der Waals surface area contributed by atoms with Crippen LogP contribution >= 0.6 is 0 Å². The molecule has 2 atom stereocenters. The Kier molecular flexibility index (Phi) is 20.4. The molecule has 0 saturated heterocycles. The molecule has 15 aromatic rings. The molecule has 116 heavy (non-hydrogen) atoms. The van der Waals surface area contributed by atoms with Crippen molar-refractivity contribution >= 4 is 58.4 Å². The average Bonchev–Trinajstić information content (AvgIpc) is 1.54. The van der Waals surface area contributed by atoms with E-state index in [1.807, 2.05) is 24.3 Å². The van der Waals surface area contributed by atoms with Crippen LogP contribution in [0, 0.1) is 5.92 Å². The first-order chi connectivity index (χ1) is 57.2. The summed E-state index contributed by atoms with van der Waals surface area (Å²) in [6.07, 6.45) is 15.1. The summed E-state index contributed by atoms with van der Waals surface area (Å²) in [5, 5.41) is 0. The highest BCUT2D eigenvalue weighted by atomic mass is 16.5. The maximum Gasteiger partial charge on any atom is 0.119 e. The molecule has 3 aliphatic carbocycles. The summed E-state index contributed by atoms with van der Waals surface area (Å²) in [5.41, 5.74) is 28.9. The van der Waals surface area contributed by atoms with Crippen molar-refractivity contribution in [2.24, 2.45) is 5.92 Å². The fourth-order valence-corrected chi connectivity index (χ4v) is 17.3. The van der Waals surface area contributed by atoms with Crippen molar-refractivity contribution in [1.82, 2.24) is 0 Å². The Morgan fingerprint density at radius 2 is 0.629 bits per heavy atom. The molecule has 0 aromatic heterocycles. The minimum absolute atomic E-state index is 0.0120. The second-order valence-electron chi connectivity index (χ2n) is 29.9. The van der Waals surface area contributed by atoms with Crippen molar-refractivity contribution in [3.05, 3.63) is 498 Å². The Labute approximate surface area is 680 Å². The van der Waals surface area contributed by atoms with Crippen molar-refractivity contribution in [2.75, 3.05) is 9.80 Å². The van der Waals surface area contributed by atoms with Crippen molar-refractivity contribution in [1.29, 1.82) is 0 Å². The van der Waals surface area contributed by atoms with Gasteiger partial charge in [0, 0.05) is 34.1 Å². The second kappa shape index (κ2) is 32.3. The number of nitrogens with zero attached hydrogens (tertiary/aromatic N) is 2. The number of hydrogen-bond acceptors (Lipinski definition) is 6. The SMILES string of the molecule is C=Cc1ccc(COC2=CCC(C3(c4ccc(OCc5ccc(C=C)cc5)cc4)c4ccccc4-c4ccc(N(c5ccccc5)c5ccc(-c6ccc(N(c7ccccc7)c7ccc8c(c7)C(c7ccc(OCc9ccc(C=C)cc9)cc7)(c7ccc(OCc9ccc(C=C)cc9)cc7)c7ccccc7-8)cc6)cc5)cc43)C=C2)cc1. The summed E-state index contributed by atoms with van der Waals surface area (Å²) in [6, 6.07) is 131. The first kappa shape index (κ1) is 73.0. The third kappa shape index (κ3) is 14.1. The van der Waals surface area contributed by atoms with E-state index in [1.54, 1.807) is 0 Å². The van der Waals surface area contributed by atoms with Crippen molar-refractivity contribution < 1.29 is 18.9 Å². The van der Waals surface area contributed by atoms with E-state index in [2.05, 4.69) is 418 Å². The largest absolute Gasteiger partial charge is 0.489 e. The third-order valence-electron chi connectivity index (χ3n) is 23.2. The Balaban J connectivity index is 0.681. The van der Waals surface area contributed by atoms with Crippen LogP contribution in [0.5, 0.6) is 17.2 Å². The molecule has 0 heterocycles. The lowest BCUT2D eigenvalue weighted by molar-refractivity contribution is 0.206. The van der Waals surface area contributed by atoms with Crippen LogP contribution in [0.2, 0.25) is 0 Å². The Bertz CT molecular complexity index is 6030. The molecule has 0 fully saturated rings. The minimum atomic E-state index is -0.749. The van der Waals surface area contributed by atoms with Gasteiger partial charge in [-0.2, -0.15) is 0 Å². The van der Waals surface area contributed by atoms with Gasteiger partial charge in [0.2, 0.25) is 0 Å². The van der Waals surface area contributed by atoms with E-state index in [4.69, 9.17) is 18.9 Å². The Morgan fingerprint density at radius 3 is 1.03 bits per heavy atom. The van der Waals surface area contributed by atoms with E-state index >= 15 is 0 Å². The predicted octanol–water partition coefficient (Wildman–Crippen LogP) is 28.0. The zero-order valence-electron chi connectivity index (χ0n) is 64.7. The maximum atomic E-state index is 6.55. The molecule has 560 valence electrons. The number of ether oxygens (including phenoxy) is 4. The normalized spacial score (nSPS) is 14.5. The van der Waals surface area contributed by atoms with Gasteiger partial charge in [0.15, 0.2) is 0 Å². The molecular weight excluding hydrogens is 1410 g/mol. The summed E-state index contributed by atoms with van der Waals surface area (Å²) < 4.78 is 26.1. The van der Waals surface area contributed by atoms with Crippen LogP contribution in [0.3, 0.4) is 0 Å². The van der Waals surface area contributed by atoms with E-state index in [0.717, 1.165) is 130 Å². The van der Waals surface area contributed by atoms with Crippen LogP contribution in [-0.2, 0) is 42.0 Å². The number of para-hydroxylation sites is 2. The molecule has 3 aliphatic rings. The minimum Gasteiger partial charge on any atom is -0.489 e. The number of rotatable bonds is 27. The summed E-state index contributed by atoms with van der Waals surface area (Å²) in [4.78, 5) is 4.78. The zero-order valence-corrected chi connectivity index (χ0v) is 64.7. The summed E-state index contributed by atoms with van der Waals surface area (Å²) >= 11 is 0. The van der Waals surface area contributed by atoms with Crippen LogP contribution in [0.15, 0.2) is 414 Å². The monoisotopic (exact) mass is 1500 g/mol. The average molecular weight is 1500 g/mol. The van der Waals surface area contributed by atoms with Crippen molar-refractivity contribution in [3.63, 3.8) is 0 Å². The highest BCUT2D eigenvalue weighted by Crippen LogP contribution is 2.61. The Hall–Kier alpha value is -14.5. The fourth-order valence-electron chi connectivity index (χ4n) is 17.3. The molecule has 15 aromatic carbocycles. The molecule has 0 aliphatic heterocycles. The van der Waals surface area contributed by atoms with Gasteiger partial charge in [-0.25, -0.2) is 0 Å². The lowest BCUT2D eigenvalue weighted by Crippen LogP contribution is -2.36. The molecule has 0 spiro atoms. The fraction of sp³-hybridized carbons (Fsp3) is 0.0727. The first-order valence-corrected chi connectivity index (χ1v) is 39.7. The van der Waals surface area contributed by atoms with Crippen molar-refractivity contribution in [3.8, 4) is 50.6 Å². The summed E-state index contributed by atoms with van der Waals surface area (Å²) in [7, 11) is 0. The van der Waals surface area contributed by atoms with E-state index < -0.39 is 10.8 Å². The van der Waals surface area contributed by atoms with Crippen LogP contribution in [0.1, 0.15) is 89.9 Å². The number of hydrogen-bond donors (Lipinski definition) is 0. The topological polar surface area (TPSA) is 43.4 Å². The molecule has 0 N–H and O–H groups in total. The van der Waals surface area contributed by atoms with Gasteiger partial charge in [-0.1, -0.05) is 311 Å². The predicted molar refractivity (Wildman–Crippen MR) is 480 cm³/mol. The Morgan fingerprint density at radius 1 is 0.293 bits per heavy atom. The van der Waals surface area contributed by atoms with Gasteiger partial charge in [-0.05, 0) is 251 Å². The lowest BCUT2D eigenvalue weighted by Gasteiger charge is -2.40. The number of anilines is 6. The van der Waals surface area contributed by atoms with Gasteiger partial charge in [0.05, 0.1) is 10.8 Å². The highest BCUT2D eigenvalue weighted by molar-refractivity contribution is 5.92. The lowest BCUT2D eigenvalue weighted by atomic mass is 9.62. The molecule has 0 bridgehead atoms. The summed E-state index contributed by atoms with van der Waals surface area (Å²) in [5.74, 6) is 3.27. The van der Waals surface area contributed by atoms with Crippen LogP contribution in [0.25, 0.3) is 57.7 Å². The van der Waals surface area contributed by atoms with E-state index in [-0.39, 0.29) is 5.92 Å². The van der Waals surface area contributed by atoms with E-state index in [0.29, 0.717) is 26.4 Å². The quantitative estimate of drug-likeness (QED) is 0.0511. The molecule has 2 unspecified atom stereocenters. The van der Waals surface area contributed by atoms with Crippen LogP contribution in [-0.4, -0.2) is 0 Å². The number of allylic oxidation sites excluding steroid dienone is 3. The molecule has 6 heteroatoms. The standard InChI is InChI=1S/C110H86N2O4/c1-5-77-27-35-81(36-28-77)73-113-97-61-47-87(48-62-97)109(88-49-63-98(64-50-88)114-74-82-37-29-78(6-2)30-38-82)105-25-17-15-23-101(105)103-69-59-95(71-107(103)109)111(91-19-11-9-12-20-91)93-55-43-85(44-56-93)86-45-57-94(58-46-86)112(92-21-13-10-14-22-92)96-60-70-104-102-24-16-18-26-106(102)110(108(104)72-96,89-51-65-99(66-52-89)115-75-83-39-31-79(7-3)32-40-83)90-53-67-100(68-54-90)116-76-84-41-33-80(8-4)34-42-84/h5-53,55-72,90H,1-4,54,73-76H2. The van der Waals surface area contributed by atoms with Gasteiger partial charge in [0.25, 0.3) is 0 Å². The maximum absolute atomic E-state index is 6.55. The molecule has 18 rings (SSSR count). The molecule has 0 radical (unpaired) electrons. The van der Waals surface area contributed by atoms with E-state index in [9.17, 15) is 0 Å². The number of benzene rings is 15. The number of fused-ring (bicyclic) bond motifs is 6. The van der Waals surface area contributed by atoms with Crippen LogP contribution < -0.4 is 24.0 Å². The smallest absolute Gasteiger partial charge is 0.119 e. The molecule has 6 nitrogen and oxygen atoms in total. The van der Waals surface area contributed by atoms with Gasteiger partial charge >= 0.3 is 0 Å². The molecular formula is C110H86N2O4. The van der Waals surface area contributed by atoms with Crippen LogP contribution in [0.4, 0.5) is 34.1 Å². The summed E-state index contributed by atoms with van der Waals surface area (Å²) in [6.45, 7) is 17.6. The zero-order chi connectivity index (χ0) is 78.4.